The van der Waals surface area contributed by atoms with Crippen molar-refractivity contribution in [3.63, 3.8) is 0 Å². The maximum Gasteiger partial charge on any atom is 0.0867 e. The summed E-state index contributed by atoms with van der Waals surface area (Å²) < 4.78 is 1.47. The van der Waals surface area contributed by atoms with Crippen LogP contribution >= 0.6 is 22.7 Å². The molecule has 0 radical (unpaired) electrons. The van der Waals surface area contributed by atoms with Gasteiger partial charge in [0.2, 0.25) is 0 Å². The van der Waals surface area contributed by atoms with Crippen LogP contribution in [0, 0.1) is 5.41 Å². The van der Waals surface area contributed by atoms with Gasteiger partial charge in [-0.05, 0) is 29.3 Å². The fraction of sp³-hybridized carbons (Fsp3) is 0.455. The van der Waals surface area contributed by atoms with Crippen LogP contribution in [0.4, 0.5) is 0 Å². The van der Waals surface area contributed by atoms with Crippen molar-refractivity contribution in [2.45, 2.75) is 27.2 Å². The largest absolute Gasteiger partial charge is 0.133 e. The van der Waals surface area contributed by atoms with E-state index < -0.39 is 0 Å². The van der Waals surface area contributed by atoms with Gasteiger partial charge < -0.3 is 0 Å². The second-order valence-electron chi connectivity index (χ2n) is 4.61. The van der Waals surface area contributed by atoms with Gasteiger partial charge in [-0.1, -0.05) is 20.8 Å². The molecule has 2 heterocycles. The Bertz CT molecular complexity index is 372. The third-order valence-corrected chi connectivity index (χ3v) is 4.11. The smallest absolute Gasteiger partial charge is 0.0867 e. The van der Waals surface area contributed by atoms with E-state index in [1.54, 1.807) is 0 Å². The minimum atomic E-state index is 0.410. The Labute approximate surface area is 87.2 Å². The summed E-state index contributed by atoms with van der Waals surface area (Å²) in [5, 5.41) is 3.59. The van der Waals surface area contributed by atoms with Crippen molar-refractivity contribution < 1.29 is 0 Å². The van der Waals surface area contributed by atoms with Gasteiger partial charge in [-0.15, -0.1) is 22.7 Å². The Kier molecular flexibility index (Phi) is 2.20. The van der Waals surface area contributed by atoms with Crippen molar-refractivity contribution in [1.29, 1.82) is 0 Å². The number of hydrogen-bond donors (Lipinski definition) is 0. The summed E-state index contributed by atoms with van der Waals surface area (Å²) in [6.07, 6.45) is 1.19. The maximum absolute atomic E-state index is 2.34. The summed E-state index contributed by atoms with van der Waals surface area (Å²) in [7, 11) is 0. The molecule has 0 atom stereocenters. The fourth-order valence-electron chi connectivity index (χ4n) is 1.43. The first-order chi connectivity index (χ1) is 6.04. The van der Waals surface area contributed by atoms with Gasteiger partial charge >= 0.3 is 0 Å². The molecule has 2 aromatic rings. The number of thiophene rings is 2. The normalized spacial score (nSPS) is 12.5. The second-order valence-corrected chi connectivity index (χ2v) is 6.92. The first-order valence-corrected chi connectivity index (χ1v) is 6.20. The predicted molar refractivity (Wildman–Crippen MR) is 62.9 cm³/mol. The highest BCUT2D eigenvalue weighted by molar-refractivity contribution is 7.37. The molecule has 13 heavy (non-hydrogen) atoms. The van der Waals surface area contributed by atoms with E-state index in [1.165, 1.54) is 20.7 Å². The molecular weight excluding hydrogens is 196 g/mol. The van der Waals surface area contributed by atoms with Crippen LogP contribution in [-0.4, -0.2) is 0 Å². The Morgan fingerprint density at radius 2 is 2.08 bits per heavy atom. The summed E-state index contributed by atoms with van der Waals surface area (Å²) in [5.41, 5.74) is 0.410. The SMILES string of the molecule is CC(C)(C)Cc1cc2ccsc2s1. The summed E-state index contributed by atoms with van der Waals surface area (Å²) >= 11 is 3.80. The van der Waals surface area contributed by atoms with E-state index >= 15 is 0 Å². The van der Waals surface area contributed by atoms with Crippen LogP contribution in [0.1, 0.15) is 25.6 Å². The molecule has 2 aromatic heterocycles. The van der Waals surface area contributed by atoms with E-state index in [2.05, 4.69) is 38.3 Å². The zero-order valence-electron chi connectivity index (χ0n) is 8.26. The van der Waals surface area contributed by atoms with Crippen molar-refractivity contribution in [2.75, 3.05) is 0 Å². The van der Waals surface area contributed by atoms with E-state index in [0.29, 0.717) is 5.41 Å². The standard InChI is InChI=1S/C11H14S2/c1-11(2,3)7-9-6-8-4-5-12-10(8)13-9/h4-6H,7H2,1-3H3. The van der Waals surface area contributed by atoms with Crippen molar-refractivity contribution >= 4 is 32.1 Å². The monoisotopic (exact) mass is 210 g/mol. The van der Waals surface area contributed by atoms with Crippen LogP contribution in [0.2, 0.25) is 0 Å². The molecule has 0 saturated heterocycles. The molecule has 2 heteroatoms. The lowest BCUT2D eigenvalue weighted by Crippen LogP contribution is -2.07. The van der Waals surface area contributed by atoms with Crippen LogP contribution in [0.3, 0.4) is 0 Å². The molecule has 0 aromatic carbocycles. The number of fused-ring (bicyclic) bond motifs is 1. The van der Waals surface area contributed by atoms with Crippen molar-refractivity contribution in [2.24, 2.45) is 5.41 Å². The predicted octanol–water partition coefficient (Wildman–Crippen LogP) is 4.55. The van der Waals surface area contributed by atoms with Gasteiger partial charge in [-0.3, -0.25) is 0 Å². The minimum absolute atomic E-state index is 0.410. The van der Waals surface area contributed by atoms with Crippen LogP contribution in [0.25, 0.3) is 9.40 Å². The summed E-state index contributed by atoms with van der Waals surface area (Å²) in [6.45, 7) is 6.88. The Hall–Kier alpha value is -0.340. The van der Waals surface area contributed by atoms with E-state index in [-0.39, 0.29) is 0 Å². The van der Waals surface area contributed by atoms with Gasteiger partial charge in [0.25, 0.3) is 0 Å². The van der Waals surface area contributed by atoms with Crippen LogP contribution < -0.4 is 0 Å². The molecule has 0 bridgehead atoms. The molecule has 0 saturated carbocycles. The van der Waals surface area contributed by atoms with E-state index in [0.717, 1.165) is 0 Å². The Morgan fingerprint density at radius 1 is 1.31 bits per heavy atom. The molecular formula is C11H14S2. The summed E-state index contributed by atoms with van der Waals surface area (Å²) in [5.74, 6) is 0. The number of rotatable bonds is 1. The van der Waals surface area contributed by atoms with Gasteiger partial charge in [0.15, 0.2) is 0 Å². The first kappa shape index (κ1) is 9.22. The average molecular weight is 210 g/mol. The summed E-state index contributed by atoms with van der Waals surface area (Å²) in [6, 6.07) is 4.55. The second kappa shape index (κ2) is 3.10. The zero-order valence-corrected chi connectivity index (χ0v) is 9.89. The molecule has 0 aliphatic rings. The quantitative estimate of drug-likeness (QED) is 0.647. The average Bonchev–Trinajstić information content (AvgIpc) is 2.40. The molecule has 0 aliphatic heterocycles. The van der Waals surface area contributed by atoms with Gasteiger partial charge in [-0.2, -0.15) is 0 Å². The minimum Gasteiger partial charge on any atom is -0.133 e. The van der Waals surface area contributed by atoms with Crippen LogP contribution in [0.5, 0.6) is 0 Å². The molecule has 0 fully saturated rings. The van der Waals surface area contributed by atoms with Gasteiger partial charge in [-0.25, -0.2) is 0 Å². The highest BCUT2D eigenvalue weighted by atomic mass is 32.2. The molecule has 0 spiro atoms. The lowest BCUT2D eigenvalue weighted by atomic mass is 9.91. The topological polar surface area (TPSA) is 0 Å². The van der Waals surface area contributed by atoms with Gasteiger partial charge in [0.1, 0.15) is 0 Å². The van der Waals surface area contributed by atoms with Crippen molar-refractivity contribution in [3.05, 3.63) is 22.4 Å². The highest BCUT2D eigenvalue weighted by Gasteiger charge is 2.13. The van der Waals surface area contributed by atoms with E-state index in [9.17, 15) is 0 Å². The summed E-state index contributed by atoms with van der Waals surface area (Å²) in [4.78, 5) is 1.52. The third kappa shape index (κ3) is 2.12. The van der Waals surface area contributed by atoms with Gasteiger partial charge in [0, 0.05) is 10.3 Å². The maximum atomic E-state index is 2.34. The fourth-order valence-corrected chi connectivity index (χ4v) is 3.88. The number of hydrogen-bond acceptors (Lipinski definition) is 2. The molecule has 0 N–H and O–H groups in total. The molecule has 0 aliphatic carbocycles. The molecule has 2 rings (SSSR count). The van der Waals surface area contributed by atoms with Crippen LogP contribution in [-0.2, 0) is 6.42 Å². The van der Waals surface area contributed by atoms with E-state index in [4.69, 9.17) is 0 Å². The van der Waals surface area contributed by atoms with Gasteiger partial charge in [0.05, 0.1) is 4.01 Å². The molecule has 0 unspecified atom stereocenters. The Morgan fingerprint density at radius 3 is 2.69 bits per heavy atom. The lowest BCUT2D eigenvalue weighted by Gasteiger charge is -2.16. The Balaban J connectivity index is 2.30. The first-order valence-electron chi connectivity index (χ1n) is 4.50. The molecule has 0 nitrogen and oxygen atoms in total. The van der Waals surface area contributed by atoms with Crippen molar-refractivity contribution in [3.8, 4) is 0 Å². The third-order valence-electron chi connectivity index (χ3n) is 1.90. The molecule has 0 amide bonds. The zero-order chi connectivity index (χ0) is 9.47. The molecule has 70 valence electrons. The lowest BCUT2D eigenvalue weighted by molar-refractivity contribution is 0.415. The van der Waals surface area contributed by atoms with Crippen LogP contribution in [0.15, 0.2) is 17.5 Å². The highest BCUT2D eigenvalue weighted by Crippen LogP contribution is 2.33. The van der Waals surface area contributed by atoms with E-state index in [1.807, 2.05) is 22.7 Å². The van der Waals surface area contributed by atoms with Crippen molar-refractivity contribution in [1.82, 2.24) is 0 Å².